The van der Waals surface area contributed by atoms with E-state index in [1.807, 2.05) is 12.1 Å². The molecule has 0 bridgehead atoms. The molecule has 0 aliphatic rings. The van der Waals surface area contributed by atoms with Gasteiger partial charge in [0, 0.05) is 10.7 Å². The number of nitrogens with zero attached hydrogens (tertiary/aromatic N) is 1. The molecule has 6 heteroatoms. The number of nitrogen functional groups attached to an aromatic ring is 1. The van der Waals surface area contributed by atoms with Crippen molar-refractivity contribution < 1.29 is 4.74 Å². The number of halogens is 2. The van der Waals surface area contributed by atoms with Gasteiger partial charge in [-0.15, -0.1) is 0 Å². The summed E-state index contributed by atoms with van der Waals surface area (Å²) < 4.78 is 6.64. The number of aromatic nitrogens is 1. The molecule has 0 atom stereocenters. The fourth-order valence-corrected chi connectivity index (χ4v) is 2.94. The van der Waals surface area contributed by atoms with Crippen LogP contribution in [0.2, 0.25) is 10.0 Å². The maximum Gasteiger partial charge on any atom is 0.279 e. The quantitative estimate of drug-likeness (QED) is 0.679. The molecule has 0 amide bonds. The number of nitrogens with two attached hydrogens (primary N) is 1. The number of ether oxygens (including phenoxy) is 1. The molecular formula is C13H8Cl2N2OS. The van der Waals surface area contributed by atoms with Gasteiger partial charge in [-0.2, -0.15) is 0 Å². The van der Waals surface area contributed by atoms with Gasteiger partial charge in [-0.25, -0.2) is 4.98 Å². The summed E-state index contributed by atoms with van der Waals surface area (Å²) in [5.74, 6) is 0.526. The molecule has 3 rings (SSSR count). The first-order valence-corrected chi connectivity index (χ1v) is 6.98. The molecule has 3 nitrogen and oxygen atoms in total. The van der Waals surface area contributed by atoms with Crippen LogP contribution >= 0.6 is 34.5 Å². The van der Waals surface area contributed by atoms with Gasteiger partial charge in [0.1, 0.15) is 5.75 Å². The zero-order valence-electron chi connectivity index (χ0n) is 9.56. The third kappa shape index (κ3) is 2.61. The molecule has 0 saturated carbocycles. The Labute approximate surface area is 123 Å². The Bertz CT molecular complexity index is 757. The lowest BCUT2D eigenvalue weighted by atomic mass is 10.3. The lowest BCUT2D eigenvalue weighted by molar-refractivity contribution is 0.480. The summed E-state index contributed by atoms with van der Waals surface area (Å²) in [4.78, 5) is 4.36. The second kappa shape index (κ2) is 4.89. The normalized spacial score (nSPS) is 10.8. The maximum absolute atomic E-state index is 6.05. The van der Waals surface area contributed by atoms with E-state index in [1.165, 1.54) is 11.3 Å². The van der Waals surface area contributed by atoms with Crippen LogP contribution in [0.5, 0.6) is 10.9 Å². The largest absolute Gasteiger partial charge is 0.429 e. The summed E-state index contributed by atoms with van der Waals surface area (Å²) >= 11 is 13.3. The van der Waals surface area contributed by atoms with Crippen molar-refractivity contribution in [3.8, 4) is 10.9 Å². The Hall–Kier alpha value is -1.49. The van der Waals surface area contributed by atoms with Gasteiger partial charge in [0.15, 0.2) is 0 Å². The Balaban J connectivity index is 1.96. The Morgan fingerprint density at radius 3 is 2.74 bits per heavy atom. The topological polar surface area (TPSA) is 48.1 Å². The zero-order valence-corrected chi connectivity index (χ0v) is 11.9. The minimum atomic E-state index is 0.450. The molecule has 0 aliphatic carbocycles. The van der Waals surface area contributed by atoms with Crippen LogP contribution in [0, 0.1) is 0 Å². The minimum Gasteiger partial charge on any atom is -0.429 e. The smallest absolute Gasteiger partial charge is 0.279 e. The SMILES string of the molecule is Nc1ccc2nc(Oc3ccc(Cl)cc3Cl)sc2c1. The van der Waals surface area contributed by atoms with E-state index in [9.17, 15) is 0 Å². The molecule has 1 heterocycles. The van der Waals surface area contributed by atoms with Crippen molar-refractivity contribution in [3.63, 3.8) is 0 Å². The number of fused-ring (bicyclic) bond motifs is 1. The molecule has 19 heavy (non-hydrogen) atoms. The fourth-order valence-electron chi connectivity index (χ4n) is 1.62. The van der Waals surface area contributed by atoms with Gasteiger partial charge >= 0.3 is 0 Å². The molecular weight excluding hydrogens is 303 g/mol. The van der Waals surface area contributed by atoms with Crippen molar-refractivity contribution in [2.24, 2.45) is 0 Å². The number of hydrogen-bond donors (Lipinski definition) is 1. The van der Waals surface area contributed by atoms with Gasteiger partial charge < -0.3 is 10.5 Å². The van der Waals surface area contributed by atoms with E-state index < -0.39 is 0 Å². The van der Waals surface area contributed by atoms with Crippen LogP contribution in [0.1, 0.15) is 0 Å². The summed E-state index contributed by atoms with van der Waals surface area (Å²) in [5, 5.41) is 1.53. The van der Waals surface area contributed by atoms with E-state index in [0.29, 0.717) is 26.7 Å². The average molecular weight is 311 g/mol. The van der Waals surface area contributed by atoms with Crippen molar-refractivity contribution in [1.29, 1.82) is 0 Å². The fraction of sp³-hybridized carbons (Fsp3) is 0. The lowest BCUT2D eigenvalue weighted by Gasteiger charge is -2.03. The molecule has 1 aromatic heterocycles. The number of anilines is 1. The summed E-state index contributed by atoms with van der Waals surface area (Å²) in [7, 11) is 0. The monoisotopic (exact) mass is 310 g/mol. The Kier molecular flexibility index (Phi) is 3.22. The average Bonchev–Trinajstić information content (AvgIpc) is 2.74. The Morgan fingerprint density at radius 1 is 1.11 bits per heavy atom. The number of rotatable bonds is 2. The van der Waals surface area contributed by atoms with E-state index in [2.05, 4.69) is 4.98 Å². The van der Waals surface area contributed by atoms with Crippen molar-refractivity contribution >= 4 is 50.4 Å². The van der Waals surface area contributed by atoms with Gasteiger partial charge in [-0.05, 0) is 36.4 Å². The van der Waals surface area contributed by atoms with Crippen molar-refractivity contribution in [3.05, 3.63) is 46.4 Å². The Morgan fingerprint density at radius 2 is 1.95 bits per heavy atom. The van der Waals surface area contributed by atoms with Crippen molar-refractivity contribution in [2.75, 3.05) is 5.73 Å². The highest BCUT2D eigenvalue weighted by molar-refractivity contribution is 7.20. The van der Waals surface area contributed by atoms with E-state index in [0.717, 1.165) is 10.2 Å². The van der Waals surface area contributed by atoms with Crippen LogP contribution in [0.25, 0.3) is 10.2 Å². The molecule has 0 aliphatic heterocycles. The summed E-state index contributed by atoms with van der Waals surface area (Å²) in [6, 6.07) is 10.6. The van der Waals surface area contributed by atoms with Gasteiger partial charge in [-0.3, -0.25) is 0 Å². The first kappa shape index (κ1) is 12.5. The predicted molar refractivity (Wildman–Crippen MR) is 80.6 cm³/mol. The molecule has 0 fully saturated rings. The third-order valence-corrected chi connectivity index (χ3v) is 3.91. The minimum absolute atomic E-state index is 0.450. The highest BCUT2D eigenvalue weighted by Crippen LogP contribution is 2.35. The van der Waals surface area contributed by atoms with Crippen LogP contribution in [0.15, 0.2) is 36.4 Å². The molecule has 0 radical (unpaired) electrons. The number of hydrogen-bond acceptors (Lipinski definition) is 4. The predicted octanol–water partition coefficient (Wildman–Crippen LogP) is 4.98. The highest BCUT2D eigenvalue weighted by Gasteiger charge is 2.09. The van der Waals surface area contributed by atoms with Crippen molar-refractivity contribution in [1.82, 2.24) is 4.98 Å². The van der Waals surface area contributed by atoms with E-state index in [-0.39, 0.29) is 0 Å². The highest BCUT2D eigenvalue weighted by atomic mass is 35.5. The summed E-state index contributed by atoms with van der Waals surface area (Å²) in [6.07, 6.45) is 0. The molecule has 96 valence electrons. The molecule has 0 saturated heterocycles. The van der Waals surface area contributed by atoms with Crippen LogP contribution in [0.3, 0.4) is 0 Å². The second-order valence-electron chi connectivity index (χ2n) is 3.88. The molecule has 2 aromatic carbocycles. The standard InChI is InChI=1S/C13H8Cl2N2OS/c14-7-1-4-11(9(15)5-7)18-13-17-10-3-2-8(16)6-12(10)19-13/h1-6H,16H2. The lowest BCUT2D eigenvalue weighted by Crippen LogP contribution is -1.84. The molecule has 0 spiro atoms. The van der Waals surface area contributed by atoms with Crippen LogP contribution in [-0.4, -0.2) is 4.98 Å². The summed E-state index contributed by atoms with van der Waals surface area (Å²) in [5.41, 5.74) is 7.28. The van der Waals surface area contributed by atoms with E-state index in [1.54, 1.807) is 24.3 Å². The van der Waals surface area contributed by atoms with Crippen LogP contribution in [0.4, 0.5) is 5.69 Å². The van der Waals surface area contributed by atoms with Gasteiger partial charge in [0.2, 0.25) is 0 Å². The molecule has 2 N–H and O–H groups in total. The second-order valence-corrected chi connectivity index (χ2v) is 5.72. The van der Waals surface area contributed by atoms with E-state index >= 15 is 0 Å². The number of benzene rings is 2. The third-order valence-electron chi connectivity index (χ3n) is 2.48. The molecule has 0 unspecified atom stereocenters. The molecule has 3 aromatic rings. The first-order chi connectivity index (χ1) is 9.11. The summed E-state index contributed by atoms with van der Waals surface area (Å²) in [6.45, 7) is 0. The van der Waals surface area contributed by atoms with E-state index in [4.69, 9.17) is 33.7 Å². The maximum atomic E-state index is 6.05. The first-order valence-electron chi connectivity index (χ1n) is 5.41. The van der Waals surface area contributed by atoms with Gasteiger partial charge in [0.05, 0.1) is 15.2 Å². The van der Waals surface area contributed by atoms with Crippen LogP contribution < -0.4 is 10.5 Å². The van der Waals surface area contributed by atoms with Gasteiger partial charge in [0.25, 0.3) is 5.19 Å². The van der Waals surface area contributed by atoms with Crippen LogP contribution in [-0.2, 0) is 0 Å². The van der Waals surface area contributed by atoms with Crippen molar-refractivity contribution in [2.45, 2.75) is 0 Å². The van der Waals surface area contributed by atoms with Gasteiger partial charge in [-0.1, -0.05) is 34.5 Å². The number of thiazole rings is 1. The zero-order chi connectivity index (χ0) is 13.4.